The van der Waals surface area contributed by atoms with Gasteiger partial charge >= 0.3 is 0 Å². The van der Waals surface area contributed by atoms with Gasteiger partial charge in [-0.3, -0.25) is 9.48 Å². The molecule has 0 bridgehead atoms. The molecule has 100 valence electrons. The highest BCUT2D eigenvalue weighted by Gasteiger charge is 2.09. The lowest BCUT2D eigenvalue weighted by molar-refractivity contribution is 0.100. The molecule has 0 aliphatic carbocycles. The van der Waals surface area contributed by atoms with Gasteiger partial charge in [0.15, 0.2) is 0 Å². The number of carbonyl (C=O) groups excluding carboxylic acids is 1. The zero-order valence-corrected chi connectivity index (χ0v) is 10.9. The first-order valence-corrected chi connectivity index (χ1v) is 5.92. The highest BCUT2D eigenvalue weighted by Crippen LogP contribution is 2.12. The smallest absolute Gasteiger partial charge is 0.252 e. The van der Waals surface area contributed by atoms with E-state index >= 15 is 0 Å². The first-order valence-electron chi connectivity index (χ1n) is 5.92. The maximum atomic E-state index is 11.3. The van der Waals surface area contributed by atoms with Gasteiger partial charge in [-0.25, -0.2) is 9.97 Å². The van der Waals surface area contributed by atoms with E-state index in [4.69, 9.17) is 5.73 Å². The molecule has 0 aromatic carbocycles. The number of anilines is 1. The summed E-state index contributed by atoms with van der Waals surface area (Å²) in [5, 5.41) is 7.10. The van der Waals surface area contributed by atoms with Gasteiger partial charge in [-0.1, -0.05) is 0 Å². The van der Waals surface area contributed by atoms with Gasteiger partial charge in [0.25, 0.3) is 5.91 Å². The Balaban J connectivity index is 2.05. The Kier molecular flexibility index (Phi) is 3.74. The zero-order chi connectivity index (χ0) is 13.8. The lowest BCUT2D eigenvalue weighted by Crippen LogP contribution is -2.17. The molecule has 0 fully saturated rings. The molecule has 0 saturated heterocycles. The van der Waals surface area contributed by atoms with Crippen LogP contribution in [0.1, 0.15) is 21.9 Å². The normalized spacial score (nSPS) is 10.4. The van der Waals surface area contributed by atoms with Crippen LogP contribution < -0.4 is 11.1 Å². The van der Waals surface area contributed by atoms with Gasteiger partial charge in [0.05, 0.1) is 5.56 Å². The van der Waals surface area contributed by atoms with Gasteiger partial charge in [-0.15, -0.1) is 0 Å². The Hall–Kier alpha value is -2.44. The van der Waals surface area contributed by atoms with Crippen LogP contribution in [0.2, 0.25) is 0 Å². The van der Waals surface area contributed by atoms with Crippen LogP contribution in [0.4, 0.5) is 5.82 Å². The van der Waals surface area contributed by atoms with Crippen molar-refractivity contribution < 1.29 is 4.79 Å². The molecule has 0 atom stereocenters. The van der Waals surface area contributed by atoms with Crippen LogP contribution in [-0.4, -0.2) is 32.2 Å². The second-order valence-corrected chi connectivity index (χ2v) is 4.19. The number of aromatic nitrogens is 4. The number of rotatable bonds is 5. The summed E-state index contributed by atoms with van der Waals surface area (Å²) in [5.41, 5.74) is 6.53. The number of nitrogens with two attached hydrogens (primary N) is 1. The molecule has 0 aliphatic heterocycles. The van der Waals surface area contributed by atoms with Gasteiger partial charge in [-0.2, -0.15) is 5.10 Å². The number of aryl methyl sites for hydroxylation is 2. The van der Waals surface area contributed by atoms with Crippen molar-refractivity contribution in [1.82, 2.24) is 19.7 Å². The first-order chi connectivity index (χ1) is 9.08. The highest BCUT2D eigenvalue weighted by atomic mass is 16.1. The van der Waals surface area contributed by atoms with Gasteiger partial charge in [0.1, 0.15) is 18.0 Å². The highest BCUT2D eigenvalue weighted by molar-refractivity contribution is 5.97. The summed E-state index contributed by atoms with van der Waals surface area (Å²) in [6, 6.07) is 3.43. The average molecular weight is 260 g/mol. The fourth-order valence-corrected chi connectivity index (χ4v) is 1.73. The molecular formula is C12H16N6O. The van der Waals surface area contributed by atoms with E-state index in [0.29, 0.717) is 24.3 Å². The number of amides is 1. The fraction of sp³-hybridized carbons (Fsp3) is 0.333. The second kappa shape index (κ2) is 5.47. The monoisotopic (exact) mass is 260 g/mol. The minimum absolute atomic E-state index is 0.392. The van der Waals surface area contributed by atoms with Gasteiger partial charge in [0.2, 0.25) is 0 Å². The van der Waals surface area contributed by atoms with Crippen LogP contribution in [-0.2, 0) is 13.5 Å². The summed E-state index contributed by atoms with van der Waals surface area (Å²) in [6.07, 6.45) is 2.19. The van der Waals surface area contributed by atoms with Crippen molar-refractivity contribution in [3.63, 3.8) is 0 Å². The standard InChI is InChI=1S/C12H16N6O/c1-8-3-4-9(11(13)19)12(17-8)14-6-5-10-15-7-16-18(10)2/h3-4,7H,5-6H2,1-2H3,(H2,13,19)(H,14,17). The lowest BCUT2D eigenvalue weighted by Gasteiger charge is -2.09. The predicted molar refractivity (Wildman–Crippen MR) is 70.7 cm³/mol. The van der Waals surface area contributed by atoms with E-state index < -0.39 is 5.91 Å². The molecule has 0 saturated carbocycles. The molecule has 2 aromatic rings. The zero-order valence-electron chi connectivity index (χ0n) is 10.9. The summed E-state index contributed by atoms with van der Waals surface area (Å²) < 4.78 is 1.71. The Morgan fingerprint density at radius 3 is 2.89 bits per heavy atom. The molecule has 2 aromatic heterocycles. The number of nitrogens with zero attached hydrogens (tertiary/aromatic N) is 4. The van der Waals surface area contributed by atoms with E-state index in [2.05, 4.69) is 20.4 Å². The third kappa shape index (κ3) is 3.06. The van der Waals surface area contributed by atoms with Crippen molar-refractivity contribution in [2.75, 3.05) is 11.9 Å². The maximum Gasteiger partial charge on any atom is 0.252 e. The molecule has 0 spiro atoms. The fourth-order valence-electron chi connectivity index (χ4n) is 1.73. The van der Waals surface area contributed by atoms with Crippen LogP contribution in [0.5, 0.6) is 0 Å². The van der Waals surface area contributed by atoms with Crippen LogP contribution in [0.15, 0.2) is 18.5 Å². The van der Waals surface area contributed by atoms with Crippen molar-refractivity contribution in [2.45, 2.75) is 13.3 Å². The number of nitrogens with one attached hydrogen (secondary N) is 1. The molecule has 2 rings (SSSR count). The van der Waals surface area contributed by atoms with Crippen LogP contribution >= 0.6 is 0 Å². The predicted octanol–water partition coefficient (Wildman–Crippen LogP) is 0.272. The van der Waals surface area contributed by atoms with Crippen LogP contribution in [0.25, 0.3) is 0 Å². The van der Waals surface area contributed by atoms with Crippen LogP contribution in [0, 0.1) is 6.92 Å². The molecule has 7 heteroatoms. The topological polar surface area (TPSA) is 98.7 Å². The van der Waals surface area contributed by atoms with E-state index in [1.807, 2.05) is 14.0 Å². The van der Waals surface area contributed by atoms with Gasteiger partial charge in [0, 0.05) is 25.7 Å². The van der Waals surface area contributed by atoms with E-state index in [1.165, 1.54) is 6.33 Å². The van der Waals surface area contributed by atoms with E-state index in [9.17, 15) is 4.79 Å². The van der Waals surface area contributed by atoms with Gasteiger partial charge in [-0.05, 0) is 19.1 Å². The van der Waals surface area contributed by atoms with E-state index in [1.54, 1.807) is 16.8 Å². The first kappa shape index (κ1) is 13.0. The molecular weight excluding hydrogens is 244 g/mol. The maximum absolute atomic E-state index is 11.3. The summed E-state index contributed by atoms with van der Waals surface area (Å²) in [5.74, 6) is 0.879. The SMILES string of the molecule is Cc1ccc(C(N)=O)c(NCCc2ncnn2C)n1. The summed E-state index contributed by atoms with van der Waals surface area (Å²) in [6.45, 7) is 2.46. The number of pyridine rings is 1. The number of primary amides is 1. The molecule has 0 unspecified atom stereocenters. The summed E-state index contributed by atoms with van der Waals surface area (Å²) >= 11 is 0. The summed E-state index contributed by atoms with van der Waals surface area (Å²) in [4.78, 5) is 19.7. The minimum Gasteiger partial charge on any atom is -0.369 e. The van der Waals surface area contributed by atoms with Crippen LogP contribution in [0.3, 0.4) is 0 Å². The molecule has 0 radical (unpaired) electrons. The van der Waals surface area contributed by atoms with Gasteiger partial charge < -0.3 is 11.1 Å². The Labute approximate surface area is 110 Å². The summed E-state index contributed by atoms with van der Waals surface area (Å²) in [7, 11) is 1.84. The molecule has 2 heterocycles. The molecule has 0 aliphatic rings. The largest absolute Gasteiger partial charge is 0.369 e. The van der Waals surface area contributed by atoms with E-state index in [0.717, 1.165) is 11.5 Å². The molecule has 1 amide bonds. The van der Waals surface area contributed by atoms with Crippen molar-refractivity contribution in [1.29, 1.82) is 0 Å². The Morgan fingerprint density at radius 2 is 2.26 bits per heavy atom. The van der Waals surface area contributed by atoms with Crippen molar-refractivity contribution in [3.05, 3.63) is 35.5 Å². The average Bonchev–Trinajstić information content (AvgIpc) is 2.75. The number of hydrogen-bond acceptors (Lipinski definition) is 5. The van der Waals surface area contributed by atoms with Crippen molar-refractivity contribution in [3.8, 4) is 0 Å². The Morgan fingerprint density at radius 1 is 1.47 bits per heavy atom. The third-order valence-electron chi connectivity index (χ3n) is 2.75. The molecule has 19 heavy (non-hydrogen) atoms. The van der Waals surface area contributed by atoms with Crippen molar-refractivity contribution >= 4 is 11.7 Å². The van der Waals surface area contributed by atoms with E-state index in [-0.39, 0.29) is 0 Å². The van der Waals surface area contributed by atoms with Crippen molar-refractivity contribution in [2.24, 2.45) is 12.8 Å². The Bertz CT molecular complexity index is 592. The minimum atomic E-state index is -0.492. The second-order valence-electron chi connectivity index (χ2n) is 4.19. The third-order valence-corrected chi connectivity index (χ3v) is 2.75. The molecule has 7 nitrogen and oxygen atoms in total. The quantitative estimate of drug-likeness (QED) is 0.804. The number of carbonyl (C=O) groups is 1. The lowest BCUT2D eigenvalue weighted by atomic mass is 10.2. The number of hydrogen-bond donors (Lipinski definition) is 2. The molecule has 3 N–H and O–H groups in total.